The molecule has 0 radical (unpaired) electrons. The largest absolute Gasteiger partial charge is 0.437 e. The summed E-state index contributed by atoms with van der Waals surface area (Å²) in [6, 6.07) is 7.04. The molecule has 21 heavy (non-hydrogen) atoms. The van der Waals surface area contributed by atoms with Crippen LogP contribution in [0.15, 0.2) is 30.3 Å². The molecule has 1 aliphatic heterocycles. The normalized spacial score (nSPS) is 20.2. The van der Waals surface area contributed by atoms with Gasteiger partial charge in [-0.05, 0) is 12.1 Å². The van der Waals surface area contributed by atoms with Crippen LogP contribution in [0, 0.1) is 0 Å². The third kappa shape index (κ3) is 3.59. The second kappa shape index (κ2) is 6.23. The molecule has 1 saturated heterocycles. The number of hydrogen-bond donors (Lipinski definition) is 0. The van der Waals surface area contributed by atoms with Crippen LogP contribution in [0.5, 0.6) is 0 Å². The predicted molar refractivity (Wildman–Crippen MR) is 73.0 cm³/mol. The lowest BCUT2D eigenvalue weighted by Crippen LogP contribution is -2.42. The Balaban J connectivity index is 2.23. The average Bonchev–Trinajstić information content (AvgIpc) is 2.81. The standard InChI is InChI=1S/C13H15NO6S/c1-19-9-20-13(16)11-7-21(17,18)8-14(11)12(15)10-5-3-2-4-6-10/h2-6,11H,7-9H2,1H3/t11-/m0/s1. The van der Waals surface area contributed by atoms with Gasteiger partial charge in [0.2, 0.25) is 0 Å². The van der Waals surface area contributed by atoms with Crippen molar-refractivity contribution >= 4 is 21.7 Å². The van der Waals surface area contributed by atoms with Gasteiger partial charge in [0.1, 0.15) is 11.9 Å². The maximum absolute atomic E-state index is 12.3. The Morgan fingerprint density at radius 1 is 1.29 bits per heavy atom. The van der Waals surface area contributed by atoms with E-state index in [-0.39, 0.29) is 6.79 Å². The molecular formula is C13H15NO6S. The van der Waals surface area contributed by atoms with E-state index in [1.165, 1.54) is 7.11 Å². The number of methoxy groups -OCH3 is 1. The highest BCUT2D eigenvalue weighted by Gasteiger charge is 2.43. The van der Waals surface area contributed by atoms with E-state index in [1.807, 2.05) is 0 Å². The second-order valence-corrected chi connectivity index (χ2v) is 6.64. The summed E-state index contributed by atoms with van der Waals surface area (Å²) in [6.45, 7) is -0.289. The van der Waals surface area contributed by atoms with Crippen molar-refractivity contribution in [3.05, 3.63) is 35.9 Å². The number of hydrogen-bond acceptors (Lipinski definition) is 6. The Labute approximate surface area is 122 Å². The van der Waals surface area contributed by atoms with Crippen LogP contribution in [0.1, 0.15) is 10.4 Å². The van der Waals surface area contributed by atoms with Gasteiger partial charge in [-0.2, -0.15) is 0 Å². The van der Waals surface area contributed by atoms with Gasteiger partial charge >= 0.3 is 5.97 Å². The van der Waals surface area contributed by atoms with E-state index in [0.717, 1.165) is 4.90 Å². The average molecular weight is 313 g/mol. The van der Waals surface area contributed by atoms with Crippen molar-refractivity contribution in [3.63, 3.8) is 0 Å². The Kier molecular flexibility index (Phi) is 4.59. The lowest BCUT2D eigenvalue weighted by atomic mass is 10.2. The minimum absolute atomic E-state index is 0.289. The van der Waals surface area contributed by atoms with Gasteiger partial charge in [0.15, 0.2) is 16.6 Å². The maximum Gasteiger partial charge on any atom is 0.332 e. The molecule has 0 N–H and O–H groups in total. The van der Waals surface area contributed by atoms with Gasteiger partial charge < -0.3 is 14.4 Å². The van der Waals surface area contributed by atoms with E-state index in [0.29, 0.717) is 5.56 Å². The molecule has 0 unspecified atom stereocenters. The van der Waals surface area contributed by atoms with Crippen molar-refractivity contribution in [2.24, 2.45) is 0 Å². The first-order chi connectivity index (χ1) is 9.94. The number of ether oxygens (including phenoxy) is 2. The molecule has 0 aromatic heterocycles. The van der Waals surface area contributed by atoms with Gasteiger partial charge in [-0.1, -0.05) is 18.2 Å². The molecule has 114 valence electrons. The summed E-state index contributed by atoms with van der Waals surface area (Å²) >= 11 is 0. The maximum atomic E-state index is 12.3. The molecule has 1 aliphatic rings. The van der Waals surface area contributed by atoms with E-state index in [1.54, 1.807) is 30.3 Å². The smallest absolute Gasteiger partial charge is 0.332 e. The second-order valence-electron chi connectivity index (χ2n) is 4.57. The van der Waals surface area contributed by atoms with Gasteiger partial charge in [0.25, 0.3) is 5.91 Å². The van der Waals surface area contributed by atoms with Crippen molar-refractivity contribution in [1.29, 1.82) is 0 Å². The summed E-state index contributed by atoms with van der Waals surface area (Å²) < 4.78 is 32.8. The molecule has 1 aromatic carbocycles. The topological polar surface area (TPSA) is 90.0 Å². The third-order valence-electron chi connectivity index (χ3n) is 3.00. The minimum Gasteiger partial charge on any atom is -0.437 e. The molecule has 2 rings (SSSR count). The molecule has 1 amide bonds. The monoisotopic (exact) mass is 313 g/mol. The van der Waals surface area contributed by atoms with Crippen molar-refractivity contribution in [2.75, 3.05) is 25.5 Å². The van der Waals surface area contributed by atoms with Crippen LogP contribution < -0.4 is 0 Å². The number of carbonyl (C=O) groups excluding carboxylic acids is 2. The first kappa shape index (κ1) is 15.5. The molecule has 1 heterocycles. The van der Waals surface area contributed by atoms with Gasteiger partial charge in [-0.25, -0.2) is 13.2 Å². The summed E-state index contributed by atoms with van der Waals surface area (Å²) in [4.78, 5) is 25.2. The zero-order valence-electron chi connectivity index (χ0n) is 11.4. The Bertz CT molecular complexity index is 627. The van der Waals surface area contributed by atoms with E-state index in [9.17, 15) is 18.0 Å². The van der Waals surface area contributed by atoms with E-state index in [4.69, 9.17) is 4.74 Å². The zero-order chi connectivity index (χ0) is 15.5. The highest BCUT2D eigenvalue weighted by atomic mass is 32.2. The SMILES string of the molecule is COCOC(=O)[C@@H]1CS(=O)(=O)CN1C(=O)c1ccccc1. The molecule has 8 heteroatoms. The highest BCUT2D eigenvalue weighted by molar-refractivity contribution is 7.91. The molecule has 0 saturated carbocycles. The highest BCUT2D eigenvalue weighted by Crippen LogP contribution is 2.20. The number of carbonyl (C=O) groups is 2. The summed E-state index contributed by atoms with van der Waals surface area (Å²) in [5, 5.41) is 0. The first-order valence-corrected chi connectivity index (χ1v) is 7.99. The Hall–Kier alpha value is -1.93. The summed E-state index contributed by atoms with van der Waals surface area (Å²) in [6.07, 6.45) is 0. The molecule has 1 fully saturated rings. The van der Waals surface area contributed by atoms with Gasteiger partial charge in [-0.15, -0.1) is 0 Å². The molecule has 1 aromatic rings. The number of benzene rings is 1. The number of esters is 1. The number of amides is 1. The van der Waals surface area contributed by atoms with Crippen LogP contribution in [-0.4, -0.2) is 56.8 Å². The van der Waals surface area contributed by atoms with Crippen LogP contribution in [0.25, 0.3) is 0 Å². The number of nitrogens with zero attached hydrogens (tertiary/aromatic N) is 1. The number of sulfone groups is 1. The third-order valence-corrected chi connectivity index (χ3v) is 4.49. The first-order valence-electron chi connectivity index (χ1n) is 6.16. The van der Waals surface area contributed by atoms with Crippen molar-refractivity contribution in [1.82, 2.24) is 4.90 Å². The van der Waals surface area contributed by atoms with Gasteiger partial charge in [0, 0.05) is 12.7 Å². The van der Waals surface area contributed by atoms with Crippen LogP contribution in [0.2, 0.25) is 0 Å². The number of rotatable bonds is 4. The summed E-state index contributed by atoms with van der Waals surface area (Å²) in [5.74, 6) is -2.24. The van der Waals surface area contributed by atoms with E-state index >= 15 is 0 Å². The van der Waals surface area contributed by atoms with Crippen LogP contribution >= 0.6 is 0 Å². The summed E-state index contributed by atoms with van der Waals surface area (Å²) in [5.41, 5.74) is 0.319. The Morgan fingerprint density at radius 3 is 2.57 bits per heavy atom. The summed E-state index contributed by atoms with van der Waals surface area (Å²) in [7, 11) is -2.17. The molecule has 0 bridgehead atoms. The minimum atomic E-state index is -3.50. The molecule has 0 spiro atoms. The fraction of sp³-hybridized carbons (Fsp3) is 0.385. The van der Waals surface area contributed by atoms with Gasteiger partial charge in [-0.3, -0.25) is 4.79 Å². The van der Waals surface area contributed by atoms with Crippen LogP contribution in [-0.2, 0) is 24.1 Å². The fourth-order valence-electron chi connectivity index (χ4n) is 2.04. The quantitative estimate of drug-likeness (QED) is 0.575. The van der Waals surface area contributed by atoms with Crippen molar-refractivity contribution in [2.45, 2.75) is 6.04 Å². The fourth-order valence-corrected chi connectivity index (χ4v) is 3.66. The lowest BCUT2D eigenvalue weighted by Gasteiger charge is -2.21. The Morgan fingerprint density at radius 2 is 1.95 bits per heavy atom. The predicted octanol–water partition coefficient (Wildman–Crippen LogP) is 0.0304. The molecule has 0 aliphatic carbocycles. The van der Waals surface area contributed by atoms with Crippen LogP contribution in [0.4, 0.5) is 0 Å². The van der Waals surface area contributed by atoms with Crippen LogP contribution in [0.3, 0.4) is 0 Å². The lowest BCUT2D eigenvalue weighted by molar-refractivity contribution is -0.158. The van der Waals surface area contributed by atoms with Crippen molar-refractivity contribution < 1.29 is 27.5 Å². The van der Waals surface area contributed by atoms with Gasteiger partial charge in [0.05, 0.1) is 5.75 Å². The molecule has 7 nitrogen and oxygen atoms in total. The van der Waals surface area contributed by atoms with Crippen molar-refractivity contribution in [3.8, 4) is 0 Å². The molecular weight excluding hydrogens is 298 g/mol. The van der Waals surface area contributed by atoms with E-state index < -0.39 is 39.4 Å². The van der Waals surface area contributed by atoms with E-state index in [2.05, 4.69) is 4.74 Å². The molecule has 1 atom stereocenters. The zero-order valence-corrected chi connectivity index (χ0v) is 12.2.